The summed E-state index contributed by atoms with van der Waals surface area (Å²) in [7, 11) is 0. The zero-order valence-corrected chi connectivity index (χ0v) is 15.5. The van der Waals surface area contributed by atoms with Crippen LogP contribution in [0.3, 0.4) is 0 Å². The van der Waals surface area contributed by atoms with Gasteiger partial charge in [0.2, 0.25) is 0 Å². The third-order valence-corrected chi connectivity index (χ3v) is 6.58. The van der Waals surface area contributed by atoms with Crippen LogP contribution in [0.2, 0.25) is 10.0 Å². The highest BCUT2D eigenvalue weighted by Gasteiger charge is 2.24. The van der Waals surface area contributed by atoms with Crippen LogP contribution in [-0.4, -0.2) is 9.55 Å². The van der Waals surface area contributed by atoms with Crippen LogP contribution >= 0.6 is 34.5 Å². The molecule has 1 aliphatic rings. The summed E-state index contributed by atoms with van der Waals surface area (Å²) in [5.74, 6) is 0.429. The van der Waals surface area contributed by atoms with Gasteiger partial charge in [-0.2, -0.15) is 0 Å². The number of aryl methyl sites for hydroxylation is 1. The number of aromatic nitrogens is 2. The molecule has 0 aliphatic heterocycles. The van der Waals surface area contributed by atoms with Crippen molar-refractivity contribution >= 4 is 44.8 Å². The number of nitrogens with zero attached hydrogens (tertiary/aromatic N) is 2. The minimum Gasteiger partial charge on any atom is -0.294 e. The van der Waals surface area contributed by atoms with Gasteiger partial charge in [-0.1, -0.05) is 36.2 Å². The molecule has 2 heterocycles. The number of hydrogen-bond acceptors (Lipinski definition) is 3. The molecule has 1 aliphatic carbocycles. The molecule has 0 N–H and O–H groups in total. The third kappa shape index (κ3) is 2.67. The average Bonchev–Trinajstić information content (AvgIpc) is 2.94. The number of rotatable bonds is 2. The van der Waals surface area contributed by atoms with Crippen molar-refractivity contribution < 1.29 is 0 Å². The van der Waals surface area contributed by atoms with E-state index in [1.54, 1.807) is 34.4 Å². The molecule has 0 radical (unpaired) electrons. The minimum atomic E-state index is 0.0392. The molecule has 0 spiro atoms. The van der Waals surface area contributed by atoms with Gasteiger partial charge in [0.1, 0.15) is 4.83 Å². The van der Waals surface area contributed by atoms with Crippen LogP contribution in [0.5, 0.6) is 0 Å². The van der Waals surface area contributed by atoms with Crippen LogP contribution in [0.15, 0.2) is 29.3 Å². The second-order valence-corrected chi connectivity index (χ2v) is 8.24. The number of fused-ring (bicyclic) bond motifs is 3. The maximum Gasteiger partial charge on any atom is 0.262 e. The van der Waals surface area contributed by atoms with E-state index >= 15 is 0 Å². The second-order valence-electron chi connectivity index (χ2n) is 6.34. The van der Waals surface area contributed by atoms with E-state index in [1.807, 2.05) is 6.07 Å². The summed E-state index contributed by atoms with van der Waals surface area (Å²) in [6, 6.07) is 5.44. The largest absolute Gasteiger partial charge is 0.294 e. The molecule has 0 fully saturated rings. The van der Waals surface area contributed by atoms with Crippen molar-refractivity contribution in [3.8, 4) is 0 Å². The third-order valence-electron chi connectivity index (χ3n) is 4.66. The summed E-state index contributed by atoms with van der Waals surface area (Å²) in [5.41, 5.74) is 2.20. The summed E-state index contributed by atoms with van der Waals surface area (Å²) >= 11 is 13.7. The Kier molecular flexibility index (Phi) is 4.15. The van der Waals surface area contributed by atoms with Crippen LogP contribution in [-0.2, 0) is 13.0 Å². The predicted octanol–water partition coefficient (Wildman–Crippen LogP) is 5.25. The first kappa shape index (κ1) is 16.1. The van der Waals surface area contributed by atoms with Gasteiger partial charge in [-0.15, -0.1) is 11.3 Å². The number of thiophene rings is 1. The smallest absolute Gasteiger partial charge is 0.262 e. The highest BCUT2D eigenvalue weighted by molar-refractivity contribution is 7.18. The monoisotopic (exact) mass is 378 g/mol. The molecule has 1 unspecified atom stereocenters. The fourth-order valence-electron chi connectivity index (χ4n) is 3.46. The van der Waals surface area contributed by atoms with Gasteiger partial charge in [0.25, 0.3) is 5.56 Å². The van der Waals surface area contributed by atoms with E-state index in [9.17, 15) is 4.79 Å². The molecule has 3 nitrogen and oxygen atoms in total. The van der Waals surface area contributed by atoms with Crippen molar-refractivity contribution in [2.75, 3.05) is 0 Å². The first-order valence-corrected chi connectivity index (χ1v) is 9.56. The first-order valence-electron chi connectivity index (χ1n) is 7.99. The van der Waals surface area contributed by atoms with Crippen molar-refractivity contribution in [3.05, 3.63) is 60.9 Å². The first-order chi connectivity index (χ1) is 11.5. The lowest BCUT2D eigenvalue weighted by molar-refractivity contribution is 0.601. The quantitative estimate of drug-likeness (QED) is 0.609. The highest BCUT2D eigenvalue weighted by Crippen LogP contribution is 2.39. The molecule has 4 rings (SSSR count). The van der Waals surface area contributed by atoms with E-state index in [1.165, 1.54) is 16.9 Å². The van der Waals surface area contributed by atoms with Crippen molar-refractivity contribution in [1.29, 1.82) is 0 Å². The maximum absolute atomic E-state index is 13.0. The molecule has 1 aromatic carbocycles. The Morgan fingerprint density at radius 3 is 2.96 bits per heavy atom. The summed E-state index contributed by atoms with van der Waals surface area (Å²) < 4.78 is 1.66. The Morgan fingerprint density at radius 2 is 2.17 bits per heavy atom. The van der Waals surface area contributed by atoms with Crippen molar-refractivity contribution in [2.45, 2.75) is 38.6 Å². The molecular weight excluding hydrogens is 363 g/mol. The van der Waals surface area contributed by atoms with Gasteiger partial charge in [-0.25, -0.2) is 4.98 Å². The topological polar surface area (TPSA) is 34.9 Å². The number of hydrogen-bond donors (Lipinski definition) is 0. The van der Waals surface area contributed by atoms with Crippen LogP contribution in [0, 0.1) is 0 Å². The average molecular weight is 379 g/mol. The normalized spacial score (nSPS) is 17.2. The van der Waals surface area contributed by atoms with E-state index in [0.717, 1.165) is 28.6 Å². The predicted molar refractivity (Wildman–Crippen MR) is 101 cm³/mol. The van der Waals surface area contributed by atoms with Gasteiger partial charge in [0.05, 0.1) is 28.3 Å². The minimum absolute atomic E-state index is 0.0392. The molecule has 0 saturated heterocycles. The fraction of sp³-hybridized carbons (Fsp3) is 0.333. The van der Waals surface area contributed by atoms with Crippen molar-refractivity contribution in [1.82, 2.24) is 9.55 Å². The Labute approximate surface area is 153 Å². The van der Waals surface area contributed by atoms with Gasteiger partial charge in [-0.05, 0) is 48.4 Å². The van der Waals surface area contributed by atoms with Crippen molar-refractivity contribution in [2.24, 2.45) is 0 Å². The van der Waals surface area contributed by atoms with E-state index in [2.05, 4.69) is 11.9 Å². The van der Waals surface area contributed by atoms with Crippen LogP contribution in [0.1, 0.15) is 41.7 Å². The van der Waals surface area contributed by atoms with Crippen LogP contribution < -0.4 is 5.56 Å². The van der Waals surface area contributed by atoms with E-state index < -0.39 is 0 Å². The standard InChI is InChI=1S/C18H16Cl2N2OS/c1-10-3-2-4-14-15(10)16-17(24-14)21-9-22(18(16)23)8-11-5-6-12(19)13(20)7-11/h5-7,9-10H,2-4,8H2,1H3. The zero-order chi connectivity index (χ0) is 16.8. The molecular formula is C18H16Cl2N2OS. The Hall–Kier alpha value is -1.36. The zero-order valence-electron chi connectivity index (χ0n) is 13.2. The molecule has 0 amide bonds. The summed E-state index contributed by atoms with van der Waals surface area (Å²) in [5, 5.41) is 1.82. The summed E-state index contributed by atoms with van der Waals surface area (Å²) in [6.45, 7) is 2.65. The molecule has 3 aromatic rings. The maximum atomic E-state index is 13.0. The lowest BCUT2D eigenvalue weighted by Crippen LogP contribution is -2.22. The molecule has 24 heavy (non-hydrogen) atoms. The molecule has 0 saturated carbocycles. The van der Waals surface area contributed by atoms with Crippen LogP contribution in [0.4, 0.5) is 0 Å². The van der Waals surface area contributed by atoms with E-state index in [-0.39, 0.29) is 5.56 Å². The summed E-state index contributed by atoms with van der Waals surface area (Å²) in [4.78, 5) is 19.8. The lowest BCUT2D eigenvalue weighted by Gasteiger charge is -2.18. The Bertz CT molecular complexity index is 993. The number of benzene rings is 1. The van der Waals surface area contributed by atoms with E-state index in [4.69, 9.17) is 23.2 Å². The molecule has 2 aromatic heterocycles. The van der Waals surface area contributed by atoms with Crippen LogP contribution in [0.25, 0.3) is 10.2 Å². The van der Waals surface area contributed by atoms with Gasteiger partial charge >= 0.3 is 0 Å². The van der Waals surface area contributed by atoms with Gasteiger partial charge < -0.3 is 0 Å². The Morgan fingerprint density at radius 1 is 1.33 bits per heavy atom. The van der Waals surface area contributed by atoms with Gasteiger partial charge in [-0.3, -0.25) is 9.36 Å². The molecule has 0 bridgehead atoms. The molecule has 1 atom stereocenters. The molecule has 124 valence electrons. The van der Waals surface area contributed by atoms with Gasteiger partial charge in [0.15, 0.2) is 0 Å². The molecule has 6 heteroatoms. The Balaban J connectivity index is 1.82. The summed E-state index contributed by atoms with van der Waals surface area (Å²) in [6.07, 6.45) is 5.03. The SMILES string of the molecule is CC1CCCc2sc3ncn(Cc4ccc(Cl)c(Cl)c4)c(=O)c3c21. The highest BCUT2D eigenvalue weighted by atomic mass is 35.5. The van der Waals surface area contributed by atoms with Crippen molar-refractivity contribution in [3.63, 3.8) is 0 Å². The number of halogens is 2. The van der Waals surface area contributed by atoms with Gasteiger partial charge in [0, 0.05) is 4.88 Å². The fourth-order valence-corrected chi connectivity index (χ4v) is 5.07. The van der Waals surface area contributed by atoms with E-state index in [0.29, 0.717) is 22.5 Å². The second kappa shape index (κ2) is 6.17. The lowest BCUT2D eigenvalue weighted by atomic mass is 9.88.